The molecule has 0 saturated carbocycles. The third-order valence-corrected chi connectivity index (χ3v) is 11.1. The van der Waals surface area contributed by atoms with Crippen LogP contribution >= 0.6 is 0 Å². The molecular formula is C27H37N3O8S2. The number of nitrogens with one attached hydrogen (secondary N) is 2. The van der Waals surface area contributed by atoms with E-state index in [0.717, 1.165) is 30.6 Å². The zero-order valence-corrected chi connectivity index (χ0v) is 24.2. The molecule has 0 radical (unpaired) electrons. The van der Waals surface area contributed by atoms with Crippen LogP contribution in [0.25, 0.3) is 0 Å². The molecule has 0 bridgehead atoms. The molecule has 220 valence electrons. The molecule has 40 heavy (non-hydrogen) atoms. The van der Waals surface area contributed by atoms with Crippen LogP contribution in [0.4, 0.5) is 0 Å². The second kappa shape index (κ2) is 11.9. The molecule has 0 unspecified atom stereocenters. The van der Waals surface area contributed by atoms with Crippen molar-refractivity contribution in [2.45, 2.75) is 59.6 Å². The molecule has 3 N–H and O–H groups in total. The molecule has 3 aliphatic rings. The molecule has 2 saturated heterocycles. The molecule has 11 nitrogen and oxygen atoms in total. The van der Waals surface area contributed by atoms with E-state index in [1.165, 1.54) is 19.2 Å². The summed E-state index contributed by atoms with van der Waals surface area (Å²) in [5, 5.41) is 13.7. The minimum atomic E-state index is -3.60. The monoisotopic (exact) mass is 595 g/mol. The Kier molecular flexibility index (Phi) is 8.72. The van der Waals surface area contributed by atoms with Crippen molar-refractivity contribution in [2.24, 2.45) is 0 Å². The summed E-state index contributed by atoms with van der Waals surface area (Å²) in [6, 6.07) is 11.3. The van der Waals surface area contributed by atoms with Crippen LogP contribution in [-0.2, 0) is 31.2 Å². The highest BCUT2D eigenvalue weighted by atomic mass is 32.2. The number of fused-ring (bicyclic) bond motifs is 1. The number of rotatable bonds is 10. The van der Waals surface area contributed by atoms with Gasteiger partial charge in [0.1, 0.15) is 24.2 Å². The van der Waals surface area contributed by atoms with Crippen molar-refractivity contribution in [2.75, 3.05) is 46.5 Å². The minimum Gasteiger partial charge on any atom is -0.493 e. The lowest BCUT2D eigenvalue weighted by molar-refractivity contribution is -0.0312. The van der Waals surface area contributed by atoms with Gasteiger partial charge in [0.25, 0.3) is 0 Å². The van der Waals surface area contributed by atoms with Gasteiger partial charge in [0.05, 0.1) is 28.6 Å². The van der Waals surface area contributed by atoms with E-state index in [9.17, 15) is 21.9 Å². The summed E-state index contributed by atoms with van der Waals surface area (Å²) in [4.78, 5) is 0.399. The smallest absolute Gasteiger partial charge is 0.243 e. The summed E-state index contributed by atoms with van der Waals surface area (Å²) in [5.74, 6) is 1.12. The molecular weight excluding hydrogens is 558 g/mol. The van der Waals surface area contributed by atoms with Gasteiger partial charge in [-0.25, -0.2) is 21.6 Å². The highest BCUT2D eigenvalue weighted by Crippen LogP contribution is 2.38. The predicted molar refractivity (Wildman–Crippen MR) is 148 cm³/mol. The van der Waals surface area contributed by atoms with Gasteiger partial charge in [0, 0.05) is 31.7 Å². The average molecular weight is 596 g/mol. The average Bonchev–Trinajstić information content (AvgIpc) is 3.37. The van der Waals surface area contributed by atoms with Crippen molar-refractivity contribution in [3.05, 3.63) is 48.0 Å². The second-order valence-electron chi connectivity index (χ2n) is 10.6. The number of sulfonamides is 2. The summed E-state index contributed by atoms with van der Waals surface area (Å²) < 4.78 is 71.8. The zero-order chi connectivity index (χ0) is 28.4. The summed E-state index contributed by atoms with van der Waals surface area (Å²) in [6.07, 6.45) is 2.84. The number of hydrogen-bond donors (Lipinski definition) is 3. The Morgan fingerprint density at radius 3 is 2.70 bits per heavy atom. The van der Waals surface area contributed by atoms with Crippen molar-refractivity contribution in [1.82, 2.24) is 14.3 Å². The van der Waals surface area contributed by atoms with E-state index < -0.39 is 26.2 Å². The fourth-order valence-corrected chi connectivity index (χ4v) is 7.76. The van der Waals surface area contributed by atoms with Gasteiger partial charge >= 0.3 is 0 Å². The Bertz CT molecular complexity index is 1410. The third-order valence-electron chi connectivity index (χ3n) is 7.83. The van der Waals surface area contributed by atoms with Crippen molar-refractivity contribution >= 4 is 20.0 Å². The maximum Gasteiger partial charge on any atom is 0.243 e. The van der Waals surface area contributed by atoms with E-state index in [2.05, 4.69) is 10.0 Å². The van der Waals surface area contributed by atoms with E-state index >= 15 is 0 Å². The number of nitrogens with zero attached hydrogens (tertiary/aromatic N) is 1. The maximum atomic E-state index is 13.3. The molecule has 3 aliphatic heterocycles. The van der Waals surface area contributed by atoms with E-state index in [1.54, 1.807) is 34.6 Å². The Labute approximate surface area is 235 Å². The van der Waals surface area contributed by atoms with Gasteiger partial charge in [-0.15, -0.1) is 0 Å². The lowest BCUT2D eigenvalue weighted by atomic mass is 9.88. The van der Waals surface area contributed by atoms with Crippen molar-refractivity contribution in [3.63, 3.8) is 0 Å². The van der Waals surface area contributed by atoms with Crippen LogP contribution in [-0.4, -0.2) is 90.5 Å². The fraction of sp³-hybridized carbons (Fsp3) is 0.556. The first kappa shape index (κ1) is 29.2. The molecule has 2 fully saturated rings. The molecule has 0 aliphatic carbocycles. The van der Waals surface area contributed by atoms with Gasteiger partial charge in [-0.3, -0.25) is 0 Å². The highest BCUT2D eigenvalue weighted by molar-refractivity contribution is 7.89. The number of hydrogen-bond acceptors (Lipinski definition) is 9. The number of aryl methyl sites for hydroxylation is 1. The topological polar surface area (TPSA) is 144 Å². The number of piperidine rings is 1. The Hall–Kier alpha value is -2.26. The summed E-state index contributed by atoms with van der Waals surface area (Å²) in [7, 11) is -5.84. The van der Waals surface area contributed by atoms with Crippen LogP contribution in [0.2, 0.25) is 0 Å². The van der Waals surface area contributed by atoms with Crippen LogP contribution in [0.15, 0.2) is 52.3 Å². The summed E-state index contributed by atoms with van der Waals surface area (Å²) in [6.45, 7) is 2.20. The molecule has 5 rings (SSSR count). The molecule has 0 amide bonds. The second-order valence-corrected chi connectivity index (χ2v) is 14.4. The number of aliphatic hydroxyl groups is 1. The first-order chi connectivity index (χ1) is 19.1. The summed E-state index contributed by atoms with van der Waals surface area (Å²) >= 11 is 0. The van der Waals surface area contributed by atoms with Crippen molar-refractivity contribution in [3.8, 4) is 11.5 Å². The van der Waals surface area contributed by atoms with Gasteiger partial charge in [0.2, 0.25) is 20.0 Å². The molecule has 2 atom stereocenters. The quantitative estimate of drug-likeness (QED) is 0.370. The van der Waals surface area contributed by atoms with Gasteiger partial charge in [-0.2, -0.15) is 4.31 Å². The van der Waals surface area contributed by atoms with Crippen LogP contribution in [0.3, 0.4) is 0 Å². The minimum absolute atomic E-state index is 0.00356. The number of aliphatic hydroxyl groups excluding tert-OH is 1. The SMILES string of the molecule is CNS(=O)(=O)c1cccc(OC[C@@H](O)CN[C@@H]2COC3(CCN(S(=O)(=O)c4ccc5c(c4)CCCO5)CC3)C2)c1. The Morgan fingerprint density at radius 1 is 1.12 bits per heavy atom. The number of ether oxygens (including phenoxy) is 3. The van der Waals surface area contributed by atoms with Gasteiger partial charge in [0.15, 0.2) is 0 Å². The molecule has 3 heterocycles. The largest absolute Gasteiger partial charge is 0.493 e. The zero-order valence-electron chi connectivity index (χ0n) is 22.5. The fourth-order valence-electron chi connectivity index (χ4n) is 5.51. The number of benzene rings is 2. The van der Waals surface area contributed by atoms with Crippen molar-refractivity contribution in [1.29, 1.82) is 0 Å². The lowest BCUT2D eigenvalue weighted by Gasteiger charge is -2.38. The maximum absolute atomic E-state index is 13.3. The van der Waals surface area contributed by atoms with E-state index in [0.29, 0.717) is 49.8 Å². The molecule has 2 aromatic carbocycles. The lowest BCUT2D eigenvalue weighted by Crippen LogP contribution is -2.47. The third kappa shape index (κ3) is 6.46. The van der Waals surface area contributed by atoms with Gasteiger partial charge in [-0.05, 0) is 75.0 Å². The Balaban J connectivity index is 1.08. The van der Waals surface area contributed by atoms with Crippen molar-refractivity contribution < 1.29 is 36.2 Å². The predicted octanol–water partition coefficient (Wildman–Crippen LogP) is 1.26. The highest BCUT2D eigenvalue weighted by Gasteiger charge is 2.44. The van der Waals surface area contributed by atoms with E-state index in [1.807, 2.05) is 0 Å². The molecule has 0 aromatic heterocycles. The van der Waals surface area contributed by atoms with E-state index in [-0.39, 0.29) is 29.7 Å². The van der Waals surface area contributed by atoms with Crippen LogP contribution in [0, 0.1) is 0 Å². The van der Waals surface area contributed by atoms with Crippen LogP contribution in [0.5, 0.6) is 11.5 Å². The first-order valence-electron chi connectivity index (χ1n) is 13.6. The summed E-state index contributed by atoms with van der Waals surface area (Å²) in [5.41, 5.74) is 0.561. The normalized spacial score (nSPS) is 22.0. The van der Waals surface area contributed by atoms with Gasteiger partial charge in [-0.1, -0.05) is 6.07 Å². The van der Waals surface area contributed by atoms with Crippen LogP contribution < -0.4 is 19.5 Å². The molecule has 2 aromatic rings. The standard InChI is InChI=1S/C27H37N3O8S2/c1-28-39(32,33)24-6-2-5-23(15-24)37-19-22(31)17-29-21-16-27(38-18-21)9-11-30(12-10-27)40(34,35)25-7-8-26-20(14-25)4-3-13-36-26/h2,5-8,14-15,21-22,28-29,31H,3-4,9-13,16-19H2,1H3/t21-,22-/m0/s1. The van der Waals surface area contributed by atoms with E-state index in [4.69, 9.17) is 14.2 Å². The molecule has 13 heteroatoms. The van der Waals surface area contributed by atoms with Gasteiger partial charge < -0.3 is 24.6 Å². The molecule has 1 spiro atoms. The first-order valence-corrected chi connectivity index (χ1v) is 16.5. The van der Waals surface area contributed by atoms with Crippen LogP contribution in [0.1, 0.15) is 31.2 Å². The Morgan fingerprint density at radius 2 is 1.93 bits per heavy atom.